The van der Waals surface area contributed by atoms with Gasteiger partial charge in [0.05, 0.1) is 10.0 Å². The van der Waals surface area contributed by atoms with E-state index in [-0.39, 0.29) is 11.5 Å². The fourth-order valence-electron chi connectivity index (χ4n) is 2.13. The molecule has 0 spiro atoms. The van der Waals surface area contributed by atoms with Crippen LogP contribution < -0.4 is 0 Å². The lowest BCUT2D eigenvalue weighted by molar-refractivity contribution is 0.0693. The van der Waals surface area contributed by atoms with Gasteiger partial charge in [0.25, 0.3) is 5.91 Å². The number of amides is 1. The fraction of sp³-hybridized carbons (Fsp3) is 0.462. The second kappa shape index (κ2) is 6.02. The molecule has 0 unspecified atom stereocenters. The Labute approximate surface area is 119 Å². The summed E-state index contributed by atoms with van der Waals surface area (Å²) >= 11 is 8.90. The summed E-state index contributed by atoms with van der Waals surface area (Å²) in [7, 11) is 0. The number of alkyl halides is 1. The summed E-state index contributed by atoms with van der Waals surface area (Å²) in [4.78, 5) is 13.9. The van der Waals surface area contributed by atoms with Gasteiger partial charge >= 0.3 is 0 Å². The van der Waals surface area contributed by atoms with Crippen LogP contribution in [0.4, 0.5) is 4.39 Å². The molecule has 1 aromatic carbocycles. The molecule has 1 amide bonds. The SMILES string of the molecule is O=C(c1cccc(Br)c1F)N1CCC(CCl)CC1. The Bertz CT molecular complexity index is 447. The Morgan fingerprint density at radius 1 is 1.44 bits per heavy atom. The predicted octanol–water partition coefficient (Wildman–Crippen LogP) is 3.68. The number of halogens is 3. The van der Waals surface area contributed by atoms with Crippen LogP contribution in [-0.2, 0) is 0 Å². The van der Waals surface area contributed by atoms with Crippen molar-refractivity contribution in [2.24, 2.45) is 5.92 Å². The Kier molecular flexibility index (Phi) is 4.62. The quantitative estimate of drug-likeness (QED) is 0.756. The molecule has 5 heteroatoms. The van der Waals surface area contributed by atoms with Gasteiger partial charge < -0.3 is 4.90 Å². The van der Waals surface area contributed by atoms with E-state index in [9.17, 15) is 9.18 Å². The second-order valence-electron chi connectivity index (χ2n) is 4.49. The topological polar surface area (TPSA) is 20.3 Å². The van der Waals surface area contributed by atoms with Gasteiger partial charge in [-0.15, -0.1) is 11.6 Å². The Morgan fingerprint density at radius 2 is 2.11 bits per heavy atom. The summed E-state index contributed by atoms with van der Waals surface area (Å²) in [5, 5.41) is 0. The van der Waals surface area contributed by atoms with Crippen molar-refractivity contribution >= 4 is 33.4 Å². The van der Waals surface area contributed by atoms with Gasteiger partial charge in [-0.05, 0) is 46.8 Å². The molecule has 0 aromatic heterocycles. The first-order chi connectivity index (χ1) is 8.63. The fourth-order valence-corrected chi connectivity index (χ4v) is 2.80. The molecule has 0 bridgehead atoms. The van der Waals surface area contributed by atoms with Crippen molar-refractivity contribution in [1.29, 1.82) is 0 Å². The van der Waals surface area contributed by atoms with Gasteiger partial charge in [0.2, 0.25) is 0 Å². The van der Waals surface area contributed by atoms with Crippen LogP contribution in [-0.4, -0.2) is 29.8 Å². The van der Waals surface area contributed by atoms with Crippen LogP contribution in [0.25, 0.3) is 0 Å². The lowest BCUT2D eigenvalue weighted by atomic mass is 9.98. The number of carbonyl (C=O) groups is 1. The second-order valence-corrected chi connectivity index (χ2v) is 5.65. The van der Waals surface area contributed by atoms with Crippen molar-refractivity contribution in [2.75, 3.05) is 19.0 Å². The minimum Gasteiger partial charge on any atom is -0.339 e. The zero-order valence-corrected chi connectivity index (χ0v) is 12.2. The van der Waals surface area contributed by atoms with E-state index in [1.165, 1.54) is 6.07 Å². The molecule has 1 fully saturated rings. The van der Waals surface area contributed by atoms with Gasteiger partial charge in [-0.25, -0.2) is 4.39 Å². The molecule has 1 heterocycles. The van der Waals surface area contributed by atoms with E-state index >= 15 is 0 Å². The maximum absolute atomic E-state index is 13.8. The van der Waals surface area contributed by atoms with E-state index in [1.807, 2.05) is 0 Å². The third-order valence-electron chi connectivity index (χ3n) is 3.30. The first-order valence-electron chi connectivity index (χ1n) is 5.92. The highest BCUT2D eigenvalue weighted by atomic mass is 79.9. The van der Waals surface area contributed by atoms with E-state index in [0.717, 1.165) is 12.8 Å². The van der Waals surface area contributed by atoms with Crippen LogP contribution >= 0.6 is 27.5 Å². The molecule has 0 saturated carbocycles. The molecular formula is C13H14BrClFNO. The lowest BCUT2D eigenvalue weighted by Crippen LogP contribution is -2.39. The molecular weight excluding hydrogens is 321 g/mol. The molecule has 0 N–H and O–H groups in total. The van der Waals surface area contributed by atoms with Crippen LogP contribution in [0, 0.1) is 11.7 Å². The summed E-state index contributed by atoms with van der Waals surface area (Å²) in [6.07, 6.45) is 1.79. The highest BCUT2D eigenvalue weighted by Gasteiger charge is 2.25. The average Bonchev–Trinajstić information content (AvgIpc) is 2.41. The predicted molar refractivity (Wildman–Crippen MR) is 73.4 cm³/mol. The maximum atomic E-state index is 13.8. The van der Waals surface area contributed by atoms with Gasteiger partial charge in [0.1, 0.15) is 5.82 Å². The zero-order valence-electron chi connectivity index (χ0n) is 9.83. The van der Waals surface area contributed by atoms with E-state index in [2.05, 4.69) is 15.9 Å². The monoisotopic (exact) mass is 333 g/mol. The summed E-state index contributed by atoms with van der Waals surface area (Å²) < 4.78 is 14.2. The Balaban J connectivity index is 2.10. The summed E-state index contributed by atoms with van der Waals surface area (Å²) in [5.74, 6) is 0.389. The zero-order chi connectivity index (χ0) is 13.1. The summed E-state index contributed by atoms with van der Waals surface area (Å²) in [6, 6.07) is 4.79. The molecule has 0 atom stereocenters. The first kappa shape index (κ1) is 13.8. The van der Waals surface area contributed by atoms with Gasteiger partial charge in [0, 0.05) is 19.0 Å². The number of rotatable bonds is 2. The standard InChI is InChI=1S/C13H14BrClFNO/c14-11-3-1-2-10(12(11)16)13(18)17-6-4-9(8-15)5-7-17/h1-3,9H,4-8H2. The summed E-state index contributed by atoms with van der Waals surface area (Å²) in [6.45, 7) is 1.31. The minimum absolute atomic E-state index is 0.133. The largest absolute Gasteiger partial charge is 0.339 e. The van der Waals surface area contributed by atoms with E-state index < -0.39 is 5.82 Å². The molecule has 1 aromatic rings. The van der Waals surface area contributed by atoms with Crippen molar-refractivity contribution in [3.63, 3.8) is 0 Å². The van der Waals surface area contributed by atoms with E-state index in [0.29, 0.717) is 29.4 Å². The van der Waals surface area contributed by atoms with E-state index in [4.69, 9.17) is 11.6 Å². The molecule has 1 aliphatic heterocycles. The molecule has 0 radical (unpaired) electrons. The van der Waals surface area contributed by atoms with Crippen LogP contribution in [0.3, 0.4) is 0 Å². The normalized spacial score (nSPS) is 16.9. The lowest BCUT2D eigenvalue weighted by Gasteiger charge is -2.31. The molecule has 2 nitrogen and oxygen atoms in total. The number of hydrogen-bond donors (Lipinski definition) is 0. The minimum atomic E-state index is -0.484. The van der Waals surface area contributed by atoms with Crippen LogP contribution in [0.2, 0.25) is 0 Å². The third-order valence-corrected chi connectivity index (χ3v) is 4.35. The number of likely N-dealkylation sites (tertiary alicyclic amines) is 1. The average molecular weight is 335 g/mol. The highest BCUT2D eigenvalue weighted by molar-refractivity contribution is 9.10. The highest BCUT2D eigenvalue weighted by Crippen LogP contribution is 2.23. The Hall–Kier alpha value is -0.610. The number of hydrogen-bond acceptors (Lipinski definition) is 1. The molecule has 1 aliphatic rings. The van der Waals surface area contributed by atoms with Crippen LogP contribution in [0.1, 0.15) is 23.2 Å². The number of benzene rings is 1. The maximum Gasteiger partial charge on any atom is 0.256 e. The molecule has 18 heavy (non-hydrogen) atoms. The molecule has 0 aliphatic carbocycles. The van der Waals surface area contributed by atoms with Gasteiger partial charge in [0.15, 0.2) is 0 Å². The molecule has 98 valence electrons. The van der Waals surface area contributed by atoms with E-state index in [1.54, 1.807) is 17.0 Å². The van der Waals surface area contributed by atoms with Crippen LogP contribution in [0.15, 0.2) is 22.7 Å². The van der Waals surface area contributed by atoms with Crippen molar-refractivity contribution in [3.8, 4) is 0 Å². The summed E-state index contributed by atoms with van der Waals surface area (Å²) in [5.41, 5.74) is 0.133. The Morgan fingerprint density at radius 3 is 2.72 bits per heavy atom. The van der Waals surface area contributed by atoms with Gasteiger partial charge in [-0.2, -0.15) is 0 Å². The van der Waals surface area contributed by atoms with Gasteiger partial charge in [-0.3, -0.25) is 4.79 Å². The van der Waals surface area contributed by atoms with Crippen LogP contribution in [0.5, 0.6) is 0 Å². The number of nitrogens with zero attached hydrogens (tertiary/aromatic N) is 1. The van der Waals surface area contributed by atoms with Crippen molar-refractivity contribution in [1.82, 2.24) is 4.90 Å². The van der Waals surface area contributed by atoms with Crippen molar-refractivity contribution < 1.29 is 9.18 Å². The third kappa shape index (κ3) is 2.86. The van der Waals surface area contributed by atoms with Gasteiger partial charge in [-0.1, -0.05) is 6.07 Å². The smallest absolute Gasteiger partial charge is 0.256 e. The molecule has 1 saturated heterocycles. The number of piperidine rings is 1. The number of carbonyl (C=O) groups excluding carboxylic acids is 1. The van der Waals surface area contributed by atoms with Crippen molar-refractivity contribution in [3.05, 3.63) is 34.1 Å². The molecule has 2 rings (SSSR count). The van der Waals surface area contributed by atoms with Crippen molar-refractivity contribution in [2.45, 2.75) is 12.8 Å². The first-order valence-corrected chi connectivity index (χ1v) is 7.25.